The van der Waals surface area contributed by atoms with E-state index in [0.29, 0.717) is 11.7 Å². The molecule has 0 aliphatic heterocycles. The number of aromatic nitrogens is 1. The van der Waals surface area contributed by atoms with Crippen LogP contribution in [0.2, 0.25) is 0 Å². The molecular weight excluding hydrogens is 228 g/mol. The largest absolute Gasteiger partial charge is 0.478 e. The van der Waals surface area contributed by atoms with Gasteiger partial charge in [0, 0.05) is 18.4 Å². The van der Waals surface area contributed by atoms with Crippen molar-refractivity contribution >= 4 is 11.7 Å². The summed E-state index contributed by atoms with van der Waals surface area (Å²) in [7, 11) is 0. The Hall–Kier alpha value is -1.58. The van der Waals surface area contributed by atoms with Crippen molar-refractivity contribution in [3.63, 3.8) is 0 Å². The highest BCUT2D eigenvalue weighted by Gasteiger charge is 2.22. The Morgan fingerprint density at radius 3 is 3.11 bits per heavy atom. The molecule has 1 fully saturated rings. The summed E-state index contributed by atoms with van der Waals surface area (Å²) in [5.74, 6) is -0.153. The first-order valence-electron chi connectivity index (χ1n) is 6.64. The van der Waals surface area contributed by atoms with Crippen molar-refractivity contribution in [2.75, 3.05) is 5.32 Å². The molecule has 4 nitrogen and oxygen atoms in total. The minimum atomic E-state index is -0.923. The summed E-state index contributed by atoms with van der Waals surface area (Å²) in [6.07, 6.45) is 9.04. The monoisotopic (exact) mass is 248 g/mol. The highest BCUT2D eigenvalue weighted by atomic mass is 16.4. The van der Waals surface area contributed by atoms with Crippen molar-refractivity contribution in [2.45, 2.75) is 45.1 Å². The van der Waals surface area contributed by atoms with Crippen LogP contribution < -0.4 is 5.32 Å². The standard InChI is InChI=1S/C14H20N2O2/c1-2-10-4-3-5-11(8-10)16-13-6-7-15-9-12(13)14(17)18/h6-7,9-11H,2-5,8H2,1H3,(H,15,16)(H,17,18). The molecule has 98 valence electrons. The molecule has 1 aliphatic carbocycles. The zero-order valence-electron chi connectivity index (χ0n) is 10.7. The predicted molar refractivity (Wildman–Crippen MR) is 70.9 cm³/mol. The molecule has 1 aliphatic rings. The van der Waals surface area contributed by atoms with E-state index >= 15 is 0 Å². The quantitative estimate of drug-likeness (QED) is 0.859. The fourth-order valence-corrected chi connectivity index (χ4v) is 2.70. The average Bonchev–Trinajstić information content (AvgIpc) is 2.39. The number of carbonyl (C=O) groups is 1. The van der Waals surface area contributed by atoms with Crippen LogP contribution in [0.4, 0.5) is 5.69 Å². The first-order chi connectivity index (χ1) is 8.70. The topological polar surface area (TPSA) is 62.2 Å². The van der Waals surface area contributed by atoms with Gasteiger partial charge in [-0.3, -0.25) is 4.98 Å². The van der Waals surface area contributed by atoms with Gasteiger partial charge in [0.15, 0.2) is 0 Å². The van der Waals surface area contributed by atoms with Gasteiger partial charge in [0.25, 0.3) is 0 Å². The number of carboxylic acid groups (broad SMARTS) is 1. The van der Waals surface area contributed by atoms with E-state index in [1.165, 1.54) is 25.5 Å². The lowest BCUT2D eigenvalue weighted by Gasteiger charge is -2.30. The predicted octanol–water partition coefficient (Wildman–Crippen LogP) is 3.16. The van der Waals surface area contributed by atoms with Crippen LogP contribution in [0, 0.1) is 5.92 Å². The van der Waals surface area contributed by atoms with E-state index in [2.05, 4.69) is 17.2 Å². The van der Waals surface area contributed by atoms with Crippen LogP contribution in [0.25, 0.3) is 0 Å². The Kier molecular flexibility index (Phi) is 4.18. The minimum Gasteiger partial charge on any atom is -0.478 e. The number of carboxylic acids is 1. The fraction of sp³-hybridized carbons (Fsp3) is 0.571. The summed E-state index contributed by atoms with van der Waals surface area (Å²) in [4.78, 5) is 15.0. The van der Waals surface area contributed by atoms with Crippen LogP contribution in [-0.4, -0.2) is 22.1 Å². The first kappa shape index (κ1) is 12.9. The summed E-state index contributed by atoms with van der Waals surface area (Å²) >= 11 is 0. The molecule has 0 amide bonds. The molecule has 0 radical (unpaired) electrons. The van der Waals surface area contributed by atoms with E-state index in [4.69, 9.17) is 5.11 Å². The number of hydrogen-bond acceptors (Lipinski definition) is 3. The average molecular weight is 248 g/mol. The van der Waals surface area contributed by atoms with Gasteiger partial charge in [0.1, 0.15) is 5.56 Å². The van der Waals surface area contributed by atoms with Crippen LogP contribution in [-0.2, 0) is 0 Å². The number of nitrogens with one attached hydrogen (secondary N) is 1. The summed E-state index contributed by atoms with van der Waals surface area (Å²) < 4.78 is 0. The third-order valence-corrected chi connectivity index (χ3v) is 3.77. The van der Waals surface area contributed by atoms with E-state index in [0.717, 1.165) is 18.8 Å². The van der Waals surface area contributed by atoms with Gasteiger partial charge >= 0.3 is 5.97 Å². The zero-order valence-corrected chi connectivity index (χ0v) is 10.7. The van der Waals surface area contributed by atoms with Crippen molar-refractivity contribution in [3.05, 3.63) is 24.0 Å². The molecule has 2 atom stereocenters. The second-order valence-corrected chi connectivity index (χ2v) is 5.01. The van der Waals surface area contributed by atoms with Crippen LogP contribution >= 0.6 is 0 Å². The summed E-state index contributed by atoms with van der Waals surface area (Å²) in [5, 5.41) is 12.5. The molecule has 4 heteroatoms. The fourth-order valence-electron chi connectivity index (χ4n) is 2.70. The zero-order chi connectivity index (χ0) is 13.0. The van der Waals surface area contributed by atoms with E-state index in [1.807, 2.05) is 0 Å². The molecule has 1 heterocycles. The van der Waals surface area contributed by atoms with Gasteiger partial charge < -0.3 is 10.4 Å². The van der Waals surface area contributed by atoms with Gasteiger partial charge in [-0.2, -0.15) is 0 Å². The van der Waals surface area contributed by atoms with Crippen LogP contribution in [0.3, 0.4) is 0 Å². The molecule has 0 aromatic carbocycles. The molecule has 1 saturated carbocycles. The van der Waals surface area contributed by atoms with Gasteiger partial charge in [-0.1, -0.05) is 26.2 Å². The molecule has 1 aromatic heterocycles. The van der Waals surface area contributed by atoms with Crippen LogP contribution in [0.1, 0.15) is 49.4 Å². The molecule has 18 heavy (non-hydrogen) atoms. The summed E-state index contributed by atoms with van der Waals surface area (Å²) in [5.41, 5.74) is 0.954. The lowest BCUT2D eigenvalue weighted by molar-refractivity contribution is 0.0697. The minimum absolute atomic E-state index is 0.260. The third kappa shape index (κ3) is 3.00. The van der Waals surface area contributed by atoms with E-state index < -0.39 is 5.97 Å². The van der Waals surface area contributed by atoms with Crippen molar-refractivity contribution < 1.29 is 9.90 Å². The molecular formula is C14H20N2O2. The number of pyridine rings is 1. The molecule has 1 aromatic rings. The molecule has 2 rings (SSSR count). The maximum Gasteiger partial charge on any atom is 0.339 e. The van der Waals surface area contributed by atoms with Crippen molar-refractivity contribution in [3.8, 4) is 0 Å². The first-order valence-corrected chi connectivity index (χ1v) is 6.64. The lowest BCUT2D eigenvalue weighted by Crippen LogP contribution is -2.27. The second kappa shape index (κ2) is 5.85. The van der Waals surface area contributed by atoms with Crippen molar-refractivity contribution in [2.24, 2.45) is 5.92 Å². The highest BCUT2D eigenvalue weighted by molar-refractivity contribution is 5.93. The van der Waals surface area contributed by atoms with Crippen molar-refractivity contribution in [1.29, 1.82) is 0 Å². The van der Waals surface area contributed by atoms with Gasteiger partial charge in [-0.15, -0.1) is 0 Å². The number of aromatic carboxylic acids is 1. The van der Waals surface area contributed by atoms with Gasteiger partial charge in [-0.05, 0) is 24.8 Å². The lowest BCUT2D eigenvalue weighted by atomic mass is 9.84. The number of rotatable bonds is 4. The Balaban J connectivity index is 2.07. The Morgan fingerprint density at radius 2 is 2.39 bits per heavy atom. The smallest absolute Gasteiger partial charge is 0.339 e. The van der Waals surface area contributed by atoms with Gasteiger partial charge in [0.2, 0.25) is 0 Å². The Morgan fingerprint density at radius 1 is 1.56 bits per heavy atom. The second-order valence-electron chi connectivity index (χ2n) is 5.01. The maximum atomic E-state index is 11.1. The van der Waals surface area contributed by atoms with Crippen molar-refractivity contribution in [1.82, 2.24) is 4.98 Å². The molecule has 0 bridgehead atoms. The van der Waals surface area contributed by atoms with E-state index in [1.54, 1.807) is 12.3 Å². The Labute approximate surface area is 107 Å². The number of hydrogen-bond donors (Lipinski definition) is 2. The van der Waals surface area contributed by atoms with E-state index in [9.17, 15) is 4.79 Å². The Bertz CT molecular complexity index is 420. The highest BCUT2D eigenvalue weighted by Crippen LogP contribution is 2.29. The molecule has 0 spiro atoms. The summed E-state index contributed by atoms with van der Waals surface area (Å²) in [6, 6.07) is 2.14. The van der Waals surface area contributed by atoms with Gasteiger partial charge in [-0.25, -0.2) is 4.79 Å². The molecule has 0 saturated heterocycles. The van der Waals surface area contributed by atoms with Gasteiger partial charge in [0.05, 0.1) is 5.69 Å². The maximum absolute atomic E-state index is 11.1. The SMILES string of the molecule is CCC1CCCC(Nc2ccncc2C(=O)O)C1. The normalized spacial score (nSPS) is 23.6. The molecule has 2 unspecified atom stereocenters. The van der Waals surface area contributed by atoms with E-state index in [-0.39, 0.29) is 5.56 Å². The number of nitrogens with zero attached hydrogens (tertiary/aromatic N) is 1. The molecule has 2 N–H and O–H groups in total. The van der Waals surface area contributed by atoms with Crippen LogP contribution in [0.15, 0.2) is 18.5 Å². The summed E-state index contributed by atoms with van der Waals surface area (Å²) in [6.45, 7) is 2.22. The van der Waals surface area contributed by atoms with Crippen LogP contribution in [0.5, 0.6) is 0 Å². The number of anilines is 1. The third-order valence-electron chi connectivity index (χ3n) is 3.77.